The van der Waals surface area contributed by atoms with Crippen molar-refractivity contribution >= 4 is 17.6 Å². The Morgan fingerprint density at radius 1 is 1.08 bits per heavy atom. The third-order valence-corrected chi connectivity index (χ3v) is 4.81. The normalized spacial score (nSPS) is 14.6. The van der Waals surface area contributed by atoms with Crippen LogP contribution in [0.15, 0.2) is 48.5 Å². The van der Waals surface area contributed by atoms with E-state index in [-0.39, 0.29) is 18.5 Å². The molecule has 1 aliphatic carbocycles. The second-order valence-electron chi connectivity index (χ2n) is 6.54. The van der Waals surface area contributed by atoms with Gasteiger partial charge < -0.3 is 10.1 Å². The smallest absolute Gasteiger partial charge is 0.317 e. The molecule has 0 saturated heterocycles. The van der Waals surface area contributed by atoms with Gasteiger partial charge in [0, 0.05) is 5.69 Å². The Hall–Kier alpha value is -2.62. The fraction of sp³-hybridized carbons (Fsp3) is 0.333. The minimum absolute atomic E-state index is 0.259. The lowest BCUT2D eigenvalue weighted by atomic mass is 9.96. The van der Waals surface area contributed by atoms with Gasteiger partial charge in [-0.05, 0) is 42.9 Å². The molecule has 0 aliphatic heterocycles. The van der Waals surface area contributed by atoms with Crippen LogP contribution in [0.1, 0.15) is 36.5 Å². The van der Waals surface area contributed by atoms with Gasteiger partial charge in [-0.3, -0.25) is 9.59 Å². The minimum Gasteiger partial charge on any atom is -0.455 e. The van der Waals surface area contributed by atoms with Gasteiger partial charge in [0.1, 0.15) is 0 Å². The highest BCUT2D eigenvalue weighted by Gasteiger charge is 2.52. The van der Waals surface area contributed by atoms with E-state index in [0.29, 0.717) is 0 Å². The molecule has 1 aliphatic rings. The second kappa shape index (κ2) is 7.09. The molecule has 1 N–H and O–H groups in total. The number of nitrogens with one attached hydrogen (secondary N) is 1. The lowest BCUT2D eigenvalue weighted by Gasteiger charge is -2.16. The predicted molar refractivity (Wildman–Crippen MR) is 97.5 cm³/mol. The molecule has 1 fully saturated rings. The number of ether oxygens (including phenoxy) is 1. The van der Waals surface area contributed by atoms with E-state index >= 15 is 0 Å². The maximum absolute atomic E-state index is 12.5. The maximum atomic E-state index is 12.5. The maximum Gasteiger partial charge on any atom is 0.317 e. The van der Waals surface area contributed by atoms with Crippen LogP contribution in [-0.4, -0.2) is 18.5 Å². The van der Waals surface area contributed by atoms with Gasteiger partial charge in [-0.15, -0.1) is 0 Å². The van der Waals surface area contributed by atoms with Crippen LogP contribution in [0.2, 0.25) is 0 Å². The summed E-state index contributed by atoms with van der Waals surface area (Å²) < 4.78 is 5.32. The summed E-state index contributed by atoms with van der Waals surface area (Å²) in [5.41, 5.74) is 3.30. The fourth-order valence-electron chi connectivity index (χ4n) is 3.14. The van der Waals surface area contributed by atoms with Crippen molar-refractivity contribution in [3.8, 4) is 0 Å². The lowest BCUT2D eigenvalue weighted by Crippen LogP contribution is -2.28. The van der Waals surface area contributed by atoms with Gasteiger partial charge in [0.15, 0.2) is 6.61 Å². The van der Waals surface area contributed by atoms with E-state index in [9.17, 15) is 9.59 Å². The van der Waals surface area contributed by atoms with Crippen LogP contribution < -0.4 is 5.32 Å². The molecule has 25 heavy (non-hydrogen) atoms. The highest BCUT2D eigenvalue weighted by Crippen LogP contribution is 2.49. The first-order valence-corrected chi connectivity index (χ1v) is 8.68. The molecule has 1 saturated carbocycles. The zero-order valence-corrected chi connectivity index (χ0v) is 14.7. The van der Waals surface area contributed by atoms with E-state index in [2.05, 4.69) is 5.32 Å². The molecular formula is C21H23NO3. The molecule has 4 nitrogen and oxygen atoms in total. The van der Waals surface area contributed by atoms with Gasteiger partial charge in [-0.2, -0.15) is 0 Å². The Bertz CT molecular complexity index is 779. The van der Waals surface area contributed by atoms with Crippen molar-refractivity contribution in [2.24, 2.45) is 0 Å². The monoisotopic (exact) mass is 337 g/mol. The predicted octanol–water partition coefficient (Wildman–Crippen LogP) is 3.77. The largest absolute Gasteiger partial charge is 0.455 e. The first-order chi connectivity index (χ1) is 12.1. The van der Waals surface area contributed by atoms with E-state index in [1.54, 1.807) is 0 Å². The number of benzene rings is 2. The van der Waals surface area contributed by atoms with Crippen LogP contribution in [0.4, 0.5) is 5.69 Å². The number of amides is 1. The van der Waals surface area contributed by atoms with Gasteiger partial charge in [0.25, 0.3) is 5.91 Å². The summed E-state index contributed by atoms with van der Waals surface area (Å²) in [6.45, 7) is 3.74. The number of hydrogen-bond donors (Lipinski definition) is 1. The van der Waals surface area contributed by atoms with Crippen molar-refractivity contribution in [2.75, 3.05) is 11.9 Å². The van der Waals surface area contributed by atoms with Crippen LogP contribution in [0, 0.1) is 6.92 Å². The number of rotatable bonds is 6. The Kier molecular flexibility index (Phi) is 4.88. The lowest BCUT2D eigenvalue weighted by molar-refractivity contribution is -0.150. The van der Waals surface area contributed by atoms with E-state index in [0.717, 1.165) is 41.6 Å². The van der Waals surface area contributed by atoms with E-state index in [1.807, 2.05) is 62.4 Å². The average molecular weight is 337 g/mol. The van der Waals surface area contributed by atoms with Crippen LogP contribution in [-0.2, 0) is 26.2 Å². The zero-order valence-electron chi connectivity index (χ0n) is 14.7. The quantitative estimate of drug-likeness (QED) is 0.816. The number of carbonyl (C=O) groups is 2. The summed E-state index contributed by atoms with van der Waals surface area (Å²) in [7, 11) is 0. The third-order valence-electron chi connectivity index (χ3n) is 4.81. The molecule has 0 unspecified atom stereocenters. The summed E-state index contributed by atoms with van der Waals surface area (Å²) in [5, 5.41) is 2.88. The average Bonchev–Trinajstić information content (AvgIpc) is 3.44. The highest BCUT2D eigenvalue weighted by molar-refractivity contribution is 5.95. The first-order valence-electron chi connectivity index (χ1n) is 8.68. The van der Waals surface area contributed by atoms with Gasteiger partial charge in [0.05, 0.1) is 5.41 Å². The molecule has 0 spiro atoms. The van der Waals surface area contributed by atoms with Gasteiger partial charge in [0.2, 0.25) is 0 Å². The molecule has 1 amide bonds. The second-order valence-corrected chi connectivity index (χ2v) is 6.54. The van der Waals surface area contributed by atoms with E-state index < -0.39 is 5.41 Å². The summed E-state index contributed by atoms with van der Waals surface area (Å²) in [4.78, 5) is 24.7. The molecule has 2 aromatic rings. The van der Waals surface area contributed by atoms with Crippen LogP contribution >= 0.6 is 0 Å². The van der Waals surface area contributed by atoms with Crippen LogP contribution in [0.3, 0.4) is 0 Å². The molecule has 2 aromatic carbocycles. The fourth-order valence-corrected chi connectivity index (χ4v) is 3.14. The number of esters is 1. The molecule has 0 radical (unpaired) electrons. The topological polar surface area (TPSA) is 55.4 Å². The third kappa shape index (κ3) is 3.58. The molecule has 0 heterocycles. The summed E-state index contributed by atoms with van der Waals surface area (Å²) in [5.74, 6) is -0.615. The van der Waals surface area contributed by atoms with Crippen LogP contribution in [0.5, 0.6) is 0 Å². The number of para-hydroxylation sites is 1. The Labute approximate surface area is 148 Å². The molecule has 0 bridgehead atoms. The van der Waals surface area contributed by atoms with Gasteiger partial charge in [-0.1, -0.05) is 55.5 Å². The van der Waals surface area contributed by atoms with Gasteiger partial charge >= 0.3 is 5.97 Å². The zero-order chi connectivity index (χ0) is 17.9. The number of anilines is 1. The van der Waals surface area contributed by atoms with Crippen molar-refractivity contribution in [3.05, 3.63) is 65.2 Å². The van der Waals surface area contributed by atoms with Crippen molar-refractivity contribution in [1.29, 1.82) is 0 Å². The van der Waals surface area contributed by atoms with Crippen LogP contribution in [0.25, 0.3) is 0 Å². The van der Waals surface area contributed by atoms with Crippen molar-refractivity contribution in [2.45, 2.75) is 38.5 Å². The summed E-state index contributed by atoms with van der Waals surface area (Å²) in [6.07, 6.45) is 2.37. The number of carbonyl (C=O) groups excluding carboxylic acids is 2. The van der Waals surface area contributed by atoms with Crippen molar-refractivity contribution in [1.82, 2.24) is 0 Å². The molecular weight excluding hydrogens is 314 g/mol. The van der Waals surface area contributed by atoms with Gasteiger partial charge in [-0.25, -0.2) is 0 Å². The SMILES string of the molecule is CCc1cccc(C)c1NC(=O)COC(=O)C1(c2ccccc2)CC1. The summed E-state index contributed by atoms with van der Waals surface area (Å²) in [6, 6.07) is 15.6. The Morgan fingerprint density at radius 3 is 2.44 bits per heavy atom. The minimum atomic E-state index is -0.557. The molecule has 130 valence electrons. The number of hydrogen-bond acceptors (Lipinski definition) is 3. The Morgan fingerprint density at radius 2 is 1.80 bits per heavy atom. The molecule has 4 heteroatoms. The summed E-state index contributed by atoms with van der Waals surface area (Å²) >= 11 is 0. The van der Waals surface area contributed by atoms with Crippen molar-refractivity contribution in [3.63, 3.8) is 0 Å². The van der Waals surface area contributed by atoms with E-state index in [1.165, 1.54) is 0 Å². The standard InChI is InChI=1S/C21H23NO3/c1-3-16-9-7-8-15(2)19(16)22-18(23)14-25-20(24)21(12-13-21)17-10-5-4-6-11-17/h4-11H,3,12-14H2,1-2H3,(H,22,23). The molecule has 0 atom stereocenters. The molecule has 3 rings (SSSR count). The number of aryl methyl sites for hydroxylation is 2. The van der Waals surface area contributed by atoms with E-state index in [4.69, 9.17) is 4.74 Å². The Balaban J connectivity index is 1.61. The molecule has 0 aromatic heterocycles. The van der Waals surface area contributed by atoms with Crippen molar-refractivity contribution < 1.29 is 14.3 Å². The highest BCUT2D eigenvalue weighted by atomic mass is 16.5. The first kappa shape index (κ1) is 17.2.